The van der Waals surface area contributed by atoms with E-state index in [4.69, 9.17) is 0 Å². The third-order valence-electron chi connectivity index (χ3n) is 4.13. The van der Waals surface area contributed by atoms with Crippen LogP contribution >= 0.6 is 15.9 Å². The quantitative estimate of drug-likeness (QED) is 0.319. The van der Waals surface area contributed by atoms with Crippen molar-refractivity contribution >= 4 is 22.3 Å². The number of nitrogens with zero attached hydrogens (tertiary/aromatic N) is 1. The van der Waals surface area contributed by atoms with E-state index in [0.717, 1.165) is 13.1 Å². The van der Waals surface area contributed by atoms with Gasteiger partial charge in [-0.1, -0.05) is 106 Å². The van der Waals surface area contributed by atoms with Gasteiger partial charge in [0.15, 0.2) is 0 Å². The lowest BCUT2D eigenvalue weighted by molar-refractivity contribution is 0.540. The minimum absolute atomic E-state index is 0.958. The van der Waals surface area contributed by atoms with E-state index < -0.39 is 0 Å². The normalized spacial score (nSPS) is 13.1. The van der Waals surface area contributed by atoms with E-state index in [2.05, 4.69) is 39.2 Å². The highest BCUT2D eigenvalue weighted by Crippen LogP contribution is 2.13. The zero-order valence-electron chi connectivity index (χ0n) is 15.4. The average Bonchev–Trinajstić information content (AvgIpc) is 3.15. The second-order valence-electron chi connectivity index (χ2n) is 6.38. The summed E-state index contributed by atoms with van der Waals surface area (Å²) >= 11 is 3.31. The van der Waals surface area contributed by atoms with Gasteiger partial charge in [0.2, 0.25) is 0 Å². The van der Waals surface area contributed by atoms with Crippen LogP contribution in [0.3, 0.4) is 0 Å². The number of unbranched alkanes of at least 4 members (excludes halogenated alkanes) is 13. The predicted molar refractivity (Wildman–Crippen MR) is 110 cm³/mol. The molecule has 2 nitrogen and oxygen atoms in total. The maximum absolute atomic E-state index is 3.85. The van der Waals surface area contributed by atoms with E-state index in [9.17, 15) is 0 Å². The molecule has 0 spiro atoms. The molecule has 0 aromatic carbocycles. The van der Waals surface area contributed by atoms with Crippen LogP contribution in [-0.2, 0) is 0 Å². The summed E-state index contributed by atoms with van der Waals surface area (Å²) in [7, 11) is 0. The molecule has 0 atom stereocenters. The molecule has 1 N–H and O–H groups in total. The Morgan fingerprint density at radius 1 is 0.870 bits per heavy atom. The number of allylic oxidation sites excluding steroid dienone is 1. The molecule has 0 fully saturated rings. The van der Waals surface area contributed by atoms with Gasteiger partial charge in [0.25, 0.3) is 0 Å². The zero-order chi connectivity index (χ0) is 16.8. The van der Waals surface area contributed by atoms with Gasteiger partial charge in [0.05, 0.1) is 12.9 Å². The Balaban J connectivity index is 0.000000809. The Kier molecular flexibility index (Phi) is 21.4. The van der Waals surface area contributed by atoms with E-state index >= 15 is 0 Å². The van der Waals surface area contributed by atoms with Crippen molar-refractivity contribution in [1.29, 1.82) is 0 Å². The Morgan fingerprint density at radius 3 is 1.74 bits per heavy atom. The Labute approximate surface area is 153 Å². The molecular weight excluding hydrogens is 348 g/mol. The molecule has 1 heterocycles. The summed E-state index contributed by atoms with van der Waals surface area (Å²) in [4.78, 5) is 5.83. The highest BCUT2D eigenvalue weighted by molar-refractivity contribution is 9.11. The van der Waals surface area contributed by atoms with Crippen molar-refractivity contribution in [3.8, 4) is 0 Å². The van der Waals surface area contributed by atoms with Crippen LogP contribution in [0.5, 0.6) is 0 Å². The molecular formula is C20H39BrN2. The van der Waals surface area contributed by atoms with E-state index in [-0.39, 0.29) is 0 Å². The van der Waals surface area contributed by atoms with E-state index in [1.54, 1.807) is 6.34 Å². The number of rotatable bonds is 14. The van der Waals surface area contributed by atoms with Crippen LogP contribution < -0.4 is 5.32 Å². The van der Waals surface area contributed by atoms with Crippen LogP contribution in [-0.4, -0.2) is 19.4 Å². The molecule has 0 saturated heterocycles. The monoisotopic (exact) mass is 386 g/mol. The van der Waals surface area contributed by atoms with Crippen molar-refractivity contribution < 1.29 is 0 Å². The standard InChI is InChI=1S/C17H33Br.C3H6N2/c1-2-3-4-5-6-7-8-9-10-11-12-13-14-15-16-17-18;1-2-5-3-4-1/h16-17H,2-15H2,1H3;3H,1-2H2,(H,4,5)/b17-16+;. The molecule has 0 aromatic heterocycles. The highest BCUT2D eigenvalue weighted by Gasteiger charge is 1.93. The maximum atomic E-state index is 3.85. The molecule has 0 saturated carbocycles. The fourth-order valence-corrected chi connectivity index (χ4v) is 2.93. The van der Waals surface area contributed by atoms with Crippen LogP contribution in [0.2, 0.25) is 0 Å². The van der Waals surface area contributed by atoms with Crippen molar-refractivity contribution in [3.63, 3.8) is 0 Å². The van der Waals surface area contributed by atoms with Crippen LogP contribution in [0.15, 0.2) is 16.1 Å². The smallest absolute Gasteiger partial charge is 0.0825 e. The van der Waals surface area contributed by atoms with Gasteiger partial charge in [0.1, 0.15) is 0 Å². The van der Waals surface area contributed by atoms with Gasteiger partial charge in [-0.25, -0.2) is 0 Å². The van der Waals surface area contributed by atoms with Crippen LogP contribution in [0, 0.1) is 0 Å². The Hall–Kier alpha value is -0.310. The summed E-state index contributed by atoms with van der Waals surface area (Å²) in [5.41, 5.74) is 0. The summed E-state index contributed by atoms with van der Waals surface area (Å²) in [5, 5.41) is 2.93. The van der Waals surface area contributed by atoms with Gasteiger partial charge in [0, 0.05) is 6.54 Å². The van der Waals surface area contributed by atoms with Crippen molar-refractivity contribution in [3.05, 3.63) is 11.1 Å². The first-order valence-corrected chi connectivity index (χ1v) is 10.8. The number of halogens is 1. The van der Waals surface area contributed by atoms with Crippen molar-refractivity contribution in [1.82, 2.24) is 5.32 Å². The molecule has 3 heteroatoms. The molecule has 0 amide bonds. The Bertz CT molecular complexity index is 258. The van der Waals surface area contributed by atoms with Crippen molar-refractivity contribution in [2.45, 2.75) is 96.8 Å². The molecule has 1 rings (SSSR count). The topological polar surface area (TPSA) is 24.4 Å². The van der Waals surface area contributed by atoms with Crippen molar-refractivity contribution in [2.75, 3.05) is 13.1 Å². The number of nitrogens with one attached hydrogen (secondary N) is 1. The lowest BCUT2D eigenvalue weighted by atomic mass is 10.0. The maximum Gasteiger partial charge on any atom is 0.0825 e. The summed E-state index contributed by atoms with van der Waals surface area (Å²) in [6.45, 7) is 4.27. The summed E-state index contributed by atoms with van der Waals surface area (Å²) in [5.74, 6) is 0. The first kappa shape index (κ1) is 22.7. The summed E-state index contributed by atoms with van der Waals surface area (Å²) in [6.07, 6.45) is 23.9. The van der Waals surface area contributed by atoms with Gasteiger partial charge in [-0.15, -0.1) is 0 Å². The van der Waals surface area contributed by atoms with Gasteiger partial charge >= 0.3 is 0 Å². The molecule has 1 aliphatic heterocycles. The van der Waals surface area contributed by atoms with E-state index in [0.29, 0.717) is 0 Å². The van der Waals surface area contributed by atoms with Gasteiger partial charge in [-0.2, -0.15) is 0 Å². The molecule has 0 bridgehead atoms. The number of aliphatic imine (C=N–C) groups is 1. The molecule has 0 radical (unpaired) electrons. The lowest BCUT2D eigenvalue weighted by Gasteiger charge is -2.02. The third-order valence-corrected chi connectivity index (χ3v) is 4.51. The van der Waals surface area contributed by atoms with E-state index in [1.807, 2.05) is 4.99 Å². The fourth-order valence-electron chi connectivity index (χ4n) is 2.67. The van der Waals surface area contributed by atoms with Gasteiger partial charge < -0.3 is 5.32 Å². The molecule has 0 aliphatic carbocycles. The predicted octanol–water partition coefficient (Wildman–Crippen LogP) is 6.99. The van der Waals surface area contributed by atoms with Crippen molar-refractivity contribution in [2.24, 2.45) is 4.99 Å². The molecule has 0 aromatic rings. The van der Waals surface area contributed by atoms with Crippen LogP contribution in [0.1, 0.15) is 96.8 Å². The first-order chi connectivity index (χ1) is 11.4. The molecule has 136 valence electrons. The second-order valence-corrected chi connectivity index (χ2v) is 6.91. The average molecular weight is 387 g/mol. The van der Waals surface area contributed by atoms with Gasteiger partial charge in [-0.3, -0.25) is 4.99 Å². The Morgan fingerprint density at radius 2 is 1.39 bits per heavy atom. The highest BCUT2D eigenvalue weighted by atomic mass is 79.9. The largest absolute Gasteiger partial charge is 0.375 e. The van der Waals surface area contributed by atoms with Crippen LogP contribution in [0.25, 0.3) is 0 Å². The van der Waals surface area contributed by atoms with Gasteiger partial charge in [-0.05, 0) is 17.8 Å². The summed E-state index contributed by atoms with van der Waals surface area (Å²) < 4.78 is 0. The SMILES string of the molecule is C1=NCCN1.CCCCCCCCCCCCCCC/C=C/Br. The zero-order valence-corrected chi connectivity index (χ0v) is 17.0. The summed E-state index contributed by atoms with van der Waals surface area (Å²) in [6, 6.07) is 0. The lowest BCUT2D eigenvalue weighted by Crippen LogP contribution is -2.04. The number of hydrogen-bond acceptors (Lipinski definition) is 2. The molecule has 0 unspecified atom stereocenters. The minimum atomic E-state index is 0.958. The van der Waals surface area contributed by atoms with Crippen LogP contribution in [0.4, 0.5) is 0 Å². The third kappa shape index (κ3) is 21.7. The van der Waals surface area contributed by atoms with E-state index in [1.165, 1.54) is 89.9 Å². The fraction of sp³-hybridized carbons (Fsp3) is 0.850. The minimum Gasteiger partial charge on any atom is -0.375 e. The second kappa shape index (κ2) is 21.7. The number of hydrogen-bond donors (Lipinski definition) is 1. The first-order valence-electron chi connectivity index (χ1n) is 9.88. The molecule has 23 heavy (non-hydrogen) atoms. The molecule has 1 aliphatic rings.